The van der Waals surface area contributed by atoms with Crippen LogP contribution in [0.4, 0.5) is 0 Å². The average Bonchev–Trinajstić information content (AvgIpc) is 1.93. The van der Waals surface area contributed by atoms with E-state index in [9.17, 15) is 4.79 Å². The van der Waals surface area contributed by atoms with Crippen LogP contribution in [-0.4, -0.2) is 9.55 Å². The lowest BCUT2D eigenvalue weighted by molar-refractivity contribution is 0.816. The molecule has 0 aliphatic carbocycles. The number of halogens is 2. The van der Waals surface area contributed by atoms with Crippen LogP contribution in [0, 0.1) is 3.57 Å². The summed E-state index contributed by atoms with van der Waals surface area (Å²) in [5.41, 5.74) is -0.111. The summed E-state index contributed by atoms with van der Waals surface area (Å²) >= 11 is 7.42. The fourth-order valence-corrected chi connectivity index (χ4v) is 1.13. The van der Waals surface area contributed by atoms with Crippen LogP contribution in [0.25, 0.3) is 0 Å². The zero-order valence-corrected chi connectivity index (χ0v) is 8.05. The third-order valence-electron chi connectivity index (χ3n) is 1.03. The first-order valence-corrected chi connectivity index (χ1v) is 3.95. The van der Waals surface area contributed by atoms with Gasteiger partial charge in [0.2, 0.25) is 0 Å². The molecule has 0 spiro atoms. The van der Waals surface area contributed by atoms with E-state index >= 15 is 0 Å². The minimum absolute atomic E-state index is 0.111. The first-order chi connectivity index (χ1) is 4.63. The van der Waals surface area contributed by atoms with Gasteiger partial charge in [-0.15, -0.1) is 0 Å². The Kier molecular flexibility index (Phi) is 2.30. The largest absolute Gasteiger partial charge is 0.301 e. The van der Waals surface area contributed by atoms with Crippen molar-refractivity contribution in [2.75, 3.05) is 0 Å². The van der Waals surface area contributed by atoms with E-state index < -0.39 is 0 Å². The fraction of sp³-hybridized carbons (Fsp3) is 0.200. The van der Waals surface area contributed by atoms with Crippen LogP contribution in [0.2, 0.25) is 5.15 Å². The molecule has 1 rings (SSSR count). The summed E-state index contributed by atoms with van der Waals surface area (Å²) in [7, 11) is 1.63. The monoisotopic (exact) mass is 270 g/mol. The van der Waals surface area contributed by atoms with Crippen molar-refractivity contribution in [2.45, 2.75) is 0 Å². The topological polar surface area (TPSA) is 34.9 Å². The molecule has 0 fully saturated rings. The molecular formula is C5H4ClIN2O. The molecule has 0 aliphatic rings. The molecular weight excluding hydrogens is 266 g/mol. The molecule has 0 saturated heterocycles. The van der Waals surface area contributed by atoms with Crippen molar-refractivity contribution < 1.29 is 0 Å². The van der Waals surface area contributed by atoms with E-state index in [1.54, 1.807) is 7.05 Å². The maximum atomic E-state index is 11.0. The smallest absolute Gasteiger partial charge is 0.268 e. The van der Waals surface area contributed by atoms with Gasteiger partial charge >= 0.3 is 0 Å². The van der Waals surface area contributed by atoms with Gasteiger partial charge in [-0.25, -0.2) is 4.98 Å². The summed E-state index contributed by atoms with van der Waals surface area (Å²) in [6, 6.07) is 0. The minimum Gasteiger partial charge on any atom is -0.301 e. The van der Waals surface area contributed by atoms with E-state index in [1.165, 1.54) is 10.9 Å². The Morgan fingerprint density at radius 2 is 2.40 bits per heavy atom. The molecule has 1 heterocycles. The lowest BCUT2D eigenvalue weighted by Crippen LogP contribution is -2.19. The van der Waals surface area contributed by atoms with Crippen molar-refractivity contribution in [1.29, 1.82) is 0 Å². The molecule has 0 amide bonds. The van der Waals surface area contributed by atoms with Crippen LogP contribution in [0.5, 0.6) is 0 Å². The van der Waals surface area contributed by atoms with Crippen molar-refractivity contribution in [3.05, 3.63) is 25.4 Å². The predicted molar refractivity (Wildman–Crippen MR) is 47.2 cm³/mol. The highest BCUT2D eigenvalue weighted by atomic mass is 127. The predicted octanol–water partition coefficient (Wildman–Crippen LogP) is 1.04. The molecule has 5 heteroatoms. The van der Waals surface area contributed by atoms with Gasteiger partial charge in [0, 0.05) is 7.05 Å². The van der Waals surface area contributed by atoms with Crippen molar-refractivity contribution in [2.24, 2.45) is 7.05 Å². The standard InChI is InChI=1S/C5H4ClIN2O/c1-9-2-8-4(6)3(7)5(9)10/h2H,1H3. The lowest BCUT2D eigenvalue weighted by Gasteiger charge is -1.96. The maximum Gasteiger partial charge on any atom is 0.268 e. The number of hydrogen-bond donors (Lipinski definition) is 0. The number of hydrogen-bond acceptors (Lipinski definition) is 2. The van der Waals surface area contributed by atoms with E-state index in [0.29, 0.717) is 3.57 Å². The Bertz CT molecular complexity index is 309. The highest BCUT2D eigenvalue weighted by Gasteiger charge is 2.02. The van der Waals surface area contributed by atoms with Crippen LogP contribution in [0.15, 0.2) is 11.1 Å². The van der Waals surface area contributed by atoms with E-state index in [-0.39, 0.29) is 10.7 Å². The molecule has 0 bridgehead atoms. The van der Waals surface area contributed by atoms with Crippen LogP contribution >= 0.6 is 34.2 Å². The van der Waals surface area contributed by atoms with Gasteiger partial charge in [0.05, 0.1) is 6.33 Å². The molecule has 0 saturated carbocycles. The SMILES string of the molecule is Cn1cnc(Cl)c(I)c1=O. The van der Waals surface area contributed by atoms with Crippen LogP contribution in [0.3, 0.4) is 0 Å². The van der Waals surface area contributed by atoms with Crippen molar-refractivity contribution in [1.82, 2.24) is 9.55 Å². The molecule has 3 nitrogen and oxygen atoms in total. The molecule has 54 valence electrons. The third kappa shape index (κ3) is 1.32. The zero-order valence-electron chi connectivity index (χ0n) is 5.14. The van der Waals surface area contributed by atoms with E-state index in [0.717, 1.165) is 0 Å². The van der Waals surface area contributed by atoms with Gasteiger partial charge in [0.25, 0.3) is 5.56 Å². The van der Waals surface area contributed by atoms with Crippen LogP contribution in [0.1, 0.15) is 0 Å². The number of aromatic nitrogens is 2. The molecule has 0 aliphatic heterocycles. The van der Waals surface area contributed by atoms with Crippen LogP contribution in [-0.2, 0) is 7.05 Å². The highest BCUT2D eigenvalue weighted by molar-refractivity contribution is 14.1. The molecule has 0 N–H and O–H groups in total. The summed E-state index contributed by atoms with van der Waals surface area (Å²) in [5, 5.41) is 0.267. The summed E-state index contributed by atoms with van der Waals surface area (Å²) < 4.78 is 1.84. The van der Waals surface area contributed by atoms with E-state index in [1.807, 2.05) is 22.6 Å². The Morgan fingerprint density at radius 1 is 1.80 bits per heavy atom. The number of rotatable bonds is 0. The van der Waals surface area contributed by atoms with Gasteiger partial charge < -0.3 is 4.57 Å². The molecule has 1 aromatic heterocycles. The van der Waals surface area contributed by atoms with Gasteiger partial charge in [0.15, 0.2) is 0 Å². The second kappa shape index (κ2) is 2.87. The van der Waals surface area contributed by atoms with Gasteiger partial charge in [-0.3, -0.25) is 4.79 Å². The summed E-state index contributed by atoms with van der Waals surface area (Å²) in [5.74, 6) is 0. The summed E-state index contributed by atoms with van der Waals surface area (Å²) in [4.78, 5) is 14.8. The van der Waals surface area contributed by atoms with Crippen molar-refractivity contribution in [3.63, 3.8) is 0 Å². The average molecular weight is 270 g/mol. The molecule has 0 radical (unpaired) electrons. The van der Waals surface area contributed by atoms with Gasteiger partial charge in [-0.1, -0.05) is 11.6 Å². The Balaban J connectivity index is 3.50. The Hall–Kier alpha value is -0.100. The highest BCUT2D eigenvalue weighted by Crippen LogP contribution is 2.08. The zero-order chi connectivity index (χ0) is 7.72. The molecule has 0 unspecified atom stereocenters. The Labute approximate surface area is 76.2 Å². The first-order valence-electron chi connectivity index (χ1n) is 2.49. The Morgan fingerprint density at radius 3 is 2.90 bits per heavy atom. The lowest BCUT2D eigenvalue weighted by atomic mass is 10.6. The third-order valence-corrected chi connectivity index (χ3v) is 2.61. The second-order valence-electron chi connectivity index (χ2n) is 1.77. The molecule has 1 aromatic rings. The normalized spacial score (nSPS) is 9.90. The van der Waals surface area contributed by atoms with Crippen LogP contribution < -0.4 is 5.56 Å². The minimum atomic E-state index is -0.111. The summed E-state index contributed by atoms with van der Waals surface area (Å²) in [6.45, 7) is 0. The molecule has 0 atom stereocenters. The second-order valence-corrected chi connectivity index (χ2v) is 3.20. The van der Waals surface area contributed by atoms with E-state index in [2.05, 4.69) is 4.98 Å². The van der Waals surface area contributed by atoms with Crippen molar-refractivity contribution in [3.8, 4) is 0 Å². The molecule has 10 heavy (non-hydrogen) atoms. The fourth-order valence-electron chi connectivity index (χ4n) is 0.489. The summed E-state index contributed by atoms with van der Waals surface area (Å²) in [6.07, 6.45) is 1.40. The van der Waals surface area contributed by atoms with Gasteiger partial charge in [0.1, 0.15) is 8.72 Å². The van der Waals surface area contributed by atoms with Gasteiger partial charge in [-0.2, -0.15) is 0 Å². The van der Waals surface area contributed by atoms with Crippen molar-refractivity contribution >= 4 is 34.2 Å². The number of aryl methyl sites for hydroxylation is 1. The quantitative estimate of drug-likeness (QED) is 0.521. The first kappa shape index (κ1) is 8.00. The maximum absolute atomic E-state index is 11.0. The molecule has 0 aromatic carbocycles. The van der Waals surface area contributed by atoms with E-state index in [4.69, 9.17) is 11.6 Å². The number of nitrogens with zero attached hydrogens (tertiary/aromatic N) is 2. The van der Waals surface area contributed by atoms with Gasteiger partial charge in [-0.05, 0) is 22.6 Å².